The predicted molar refractivity (Wildman–Crippen MR) is 83.2 cm³/mol. The summed E-state index contributed by atoms with van der Waals surface area (Å²) in [5, 5.41) is 10.0. The van der Waals surface area contributed by atoms with Crippen LogP contribution in [0.3, 0.4) is 0 Å². The molecule has 22 heavy (non-hydrogen) atoms. The highest BCUT2D eigenvalue weighted by atomic mass is 16.5. The Morgan fingerprint density at radius 2 is 1.95 bits per heavy atom. The molecule has 0 aliphatic carbocycles. The molecule has 106 valence electrons. The summed E-state index contributed by atoms with van der Waals surface area (Å²) >= 11 is 0. The Balaban J connectivity index is 2.11. The van der Waals surface area contributed by atoms with E-state index in [9.17, 15) is 10.1 Å². The number of aromatic nitrogens is 1. The molecule has 0 fully saturated rings. The number of nitriles is 1. The van der Waals surface area contributed by atoms with E-state index in [0.717, 1.165) is 22.2 Å². The van der Waals surface area contributed by atoms with Gasteiger partial charge in [-0.15, -0.1) is 0 Å². The maximum Gasteiger partial charge on any atom is 0.337 e. The van der Waals surface area contributed by atoms with Gasteiger partial charge in [0.1, 0.15) is 0 Å². The van der Waals surface area contributed by atoms with Crippen LogP contribution >= 0.6 is 0 Å². The summed E-state index contributed by atoms with van der Waals surface area (Å²) in [5.41, 5.74) is 3.36. The molecule has 0 atom stereocenters. The molecule has 0 amide bonds. The number of fused-ring (bicyclic) bond motifs is 1. The summed E-state index contributed by atoms with van der Waals surface area (Å²) in [6.07, 6.45) is 0. The third-order valence-corrected chi connectivity index (χ3v) is 3.43. The lowest BCUT2D eigenvalue weighted by Crippen LogP contribution is -2.00. The lowest BCUT2D eigenvalue weighted by molar-refractivity contribution is 0.0601. The van der Waals surface area contributed by atoms with Crippen LogP contribution in [0.5, 0.6) is 0 Å². The van der Waals surface area contributed by atoms with Crippen LogP contribution in [0, 0.1) is 11.3 Å². The SMILES string of the molecule is COC(=O)c1ccc2nc(-c3ccccc3C#N)ccc2c1. The predicted octanol–water partition coefficient (Wildman–Crippen LogP) is 3.56. The Hall–Kier alpha value is -3.19. The Kier molecular flexibility index (Phi) is 3.55. The minimum absolute atomic E-state index is 0.374. The molecule has 0 N–H and O–H groups in total. The molecule has 4 heteroatoms. The van der Waals surface area contributed by atoms with E-state index in [0.29, 0.717) is 11.1 Å². The van der Waals surface area contributed by atoms with Gasteiger partial charge in [-0.1, -0.05) is 24.3 Å². The fourth-order valence-corrected chi connectivity index (χ4v) is 2.32. The first kappa shape index (κ1) is 13.8. The summed E-state index contributed by atoms with van der Waals surface area (Å²) < 4.78 is 4.71. The van der Waals surface area contributed by atoms with E-state index < -0.39 is 0 Å². The number of methoxy groups -OCH3 is 1. The van der Waals surface area contributed by atoms with Crippen molar-refractivity contribution >= 4 is 16.9 Å². The molecule has 0 unspecified atom stereocenters. The zero-order valence-corrected chi connectivity index (χ0v) is 11.9. The zero-order chi connectivity index (χ0) is 15.5. The van der Waals surface area contributed by atoms with Crippen molar-refractivity contribution in [3.8, 4) is 17.3 Å². The van der Waals surface area contributed by atoms with Crippen LogP contribution in [0.2, 0.25) is 0 Å². The second kappa shape index (κ2) is 5.66. The number of hydrogen-bond donors (Lipinski definition) is 0. The van der Waals surface area contributed by atoms with Gasteiger partial charge in [0.05, 0.1) is 35.5 Å². The van der Waals surface area contributed by atoms with Crippen molar-refractivity contribution in [2.24, 2.45) is 0 Å². The number of esters is 1. The van der Waals surface area contributed by atoms with Crippen LogP contribution < -0.4 is 0 Å². The van der Waals surface area contributed by atoms with Crippen molar-refractivity contribution in [2.45, 2.75) is 0 Å². The Morgan fingerprint density at radius 1 is 1.14 bits per heavy atom. The number of benzene rings is 2. The van der Waals surface area contributed by atoms with Gasteiger partial charge >= 0.3 is 5.97 Å². The summed E-state index contributed by atoms with van der Waals surface area (Å²) in [6, 6.07) is 18.4. The molecule has 4 nitrogen and oxygen atoms in total. The normalized spacial score (nSPS) is 10.2. The van der Waals surface area contributed by atoms with Crippen molar-refractivity contribution in [1.29, 1.82) is 5.26 Å². The molecule has 3 rings (SSSR count). The van der Waals surface area contributed by atoms with Crippen LogP contribution in [-0.4, -0.2) is 18.1 Å². The first-order valence-electron chi connectivity index (χ1n) is 6.71. The number of rotatable bonds is 2. The minimum atomic E-state index is -0.374. The molecular weight excluding hydrogens is 276 g/mol. The highest BCUT2D eigenvalue weighted by Crippen LogP contribution is 2.24. The molecule has 0 saturated carbocycles. The number of carbonyl (C=O) groups excluding carboxylic acids is 1. The van der Waals surface area contributed by atoms with E-state index in [4.69, 9.17) is 4.74 Å². The maximum absolute atomic E-state index is 11.6. The monoisotopic (exact) mass is 288 g/mol. The highest BCUT2D eigenvalue weighted by Gasteiger charge is 2.09. The molecule has 0 aliphatic rings. The molecule has 1 heterocycles. The third kappa shape index (κ3) is 2.40. The van der Waals surface area contributed by atoms with Gasteiger partial charge in [-0.25, -0.2) is 9.78 Å². The van der Waals surface area contributed by atoms with Crippen LogP contribution in [-0.2, 0) is 4.74 Å². The molecule has 0 radical (unpaired) electrons. The number of pyridine rings is 1. The Bertz CT molecular complexity index is 910. The largest absolute Gasteiger partial charge is 0.465 e. The van der Waals surface area contributed by atoms with E-state index in [-0.39, 0.29) is 5.97 Å². The van der Waals surface area contributed by atoms with E-state index in [1.807, 2.05) is 30.3 Å². The van der Waals surface area contributed by atoms with Crippen LogP contribution in [0.4, 0.5) is 0 Å². The summed E-state index contributed by atoms with van der Waals surface area (Å²) in [5.74, 6) is -0.374. The second-order valence-electron chi connectivity index (χ2n) is 4.75. The van der Waals surface area contributed by atoms with Crippen molar-refractivity contribution in [1.82, 2.24) is 4.98 Å². The molecule has 0 aliphatic heterocycles. The van der Waals surface area contributed by atoms with Crippen molar-refractivity contribution in [2.75, 3.05) is 7.11 Å². The lowest BCUT2D eigenvalue weighted by Gasteiger charge is -2.06. The average molecular weight is 288 g/mol. The van der Waals surface area contributed by atoms with Gasteiger partial charge in [-0.2, -0.15) is 5.26 Å². The topological polar surface area (TPSA) is 63.0 Å². The van der Waals surface area contributed by atoms with Crippen LogP contribution in [0.25, 0.3) is 22.2 Å². The number of hydrogen-bond acceptors (Lipinski definition) is 4. The molecule has 0 spiro atoms. The van der Waals surface area contributed by atoms with Gasteiger partial charge < -0.3 is 4.74 Å². The van der Waals surface area contributed by atoms with E-state index in [2.05, 4.69) is 11.1 Å². The third-order valence-electron chi connectivity index (χ3n) is 3.43. The first-order chi connectivity index (χ1) is 10.7. The van der Waals surface area contributed by atoms with Gasteiger partial charge in [-0.3, -0.25) is 0 Å². The molecular formula is C18H12N2O2. The number of nitrogens with zero attached hydrogens (tertiary/aromatic N) is 2. The summed E-state index contributed by atoms with van der Waals surface area (Å²) in [7, 11) is 1.35. The standard InChI is InChI=1S/C18H12N2O2/c1-22-18(21)13-7-8-16-12(10-13)6-9-17(20-16)15-5-3-2-4-14(15)11-19/h2-10H,1H3. The van der Waals surface area contributed by atoms with Gasteiger partial charge in [0, 0.05) is 10.9 Å². The minimum Gasteiger partial charge on any atom is -0.465 e. The van der Waals surface area contributed by atoms with Crippen molar-refractivity contribution in [3.63, 3.8) is 0 Å². The summed E-state index contributed by atoms with van der Waals surface area (Å²) in [4.78, 5) is 16.1. The molecule has 0 bridgehead atoms. The maximum atomic E-state index is 11.6. The highest BCUT2D eigenvalue weighted by molar-refractivity contribution is 5.94. The Morgan fingerprint density at radius 3 is 2.73 bits per heavy atom. The first-order valence-corrected chi connectivity index (χ1v) is 6.71. The van der Waals surface area contributed by atoms with Crippen molar-refractivity contribution in [3.05, 3.63) is 65.7 Å². The fraction of sp³-hybridized carbons (Fsp3) is 0.0556. The van der Waals surface area contributed by atoms with Crippen LogP contribution in [0.15, 0.2) is 54.6 Å². The fourth-order valence-electron chi connectivity index (χ4n) is 2.32. The number of ether oxygens (including phenoxy) is 1. The molecule has 2 aromatic carbocycles. The number of carbonyl (C=O) groups is 1. The zero-order valence-electron chi connectivity index (χ0n) is 11.9. The molecule has 3 aromatic rings. The average Bonchev–Trinajstić information content (AvgIpc) is 2.60. The van der Waals surface area contributed by atoms with Crippen LogP contribution in [0.1, 0.15) is 15.9 Å². The van der Waals surface area contributed by atoms with E-state index in [1.54, 1.807) is 24.3 Å². The molecule has 1 aromatic heterocycles. The second-order valence-corrected chi connectivity index (χ2v) is 4.75. The van der Waals surface area contributed by atoms with Gasteiger partial charge in [0.15, 0.2) is 0 Å². The van der Waals surface area contributed by atoms with Gasteiger partial charge in [0.2, 0.25) is 0 Å². The quantitative estimate of drug-likeness (QED) is 0.676. The van der Waals surface area contributed by atoms with E-state index in [1.165, 1.54) is 7.11 Å². The Labute approximate surface area is 127 Å². The lowest BCUT2D eigenvalue weighted by atomic mass is 10.0. The molecule has 0 saturated heterocycles. The van der Waals surface area contributed by atoms with Gasteiger partial charge in [-0.05, 0) is 30.3 Å². The van der Waals surface area contributed by atoms with E-state index >= 15 is 0 Å². The summed E-state index contributed by atoms with van der Waals surface area (Å²) in [6.45, 7) is 0. The van der Waals surface area contributed by atoms with Crippen molar-refractivity contribution < 1.29 is 9.53 Å². The smallest absolute Gasteiger partial charge is 0.337 e. The van der Waals surface area contributed by atoms with Gasteiger partial charge in [0.25, 0.3) is 0 Å².